The average Bonchev–Trinajstić information content (AvgIpc) is 2.91. The van der Waals surface area contributed by atoms with Gasteiger partial charge in [0.05, 0.1) is 20.1 Å². The van der Waals surface area contributed by atoms with E-state index in [1.165, 1.54) is 0 Å². The van der Waals surface area contributed by atoms with E-state index in [0.717, 1.165) is 19.5 Å². The Balaban J connectivity index is 1.80. The van der Waals surface area contributed by atoms with Crippen LogP contribution in [-0.2, 0) is 4.79 Å². The number of likely N-dealkylation sites (tertiary alicyclic amines) is 1. The maximum Gasteiger partial charge on any atom is 0.226 e. The third-order valence-corrected chi connectivity index (χ3v) is 4.05. The normalized spacial score (nSPS) is 21.4. The van der Waals surface area contributed by atoms with Gasteiger partial charge in [0, 0.05) is 13.1 Å². The molecular weight excluding hydrogens is 268 g/mol. The number of carbonyl (C=O) groups excluding carboxylic acids is 1. The largest absolute Gasteiger partial charge is 0.493 e. The molecule has 0 aromatic heterocycles. The van der Waals surface area contributed by atoms with Gasteiger partial charge in [0.1, 0.15) is 0 Å². The topological polar surface area (TPSA) is 64.8 Å². The average molecular weight is 292 g/mol. The Morgan fingerprint density at radius 3 is 2.71 bits per heavy atom. The first-order valence-corrected chi connectivity index (χ1v) is 7.32. The van der Waals surface area contributed by atoms with Crippen molar-refractivity contribution in [3.8, 4) is 11.5 Å². The third-order valence-electron chi connectivity index (χ3n) is 4.05. The first kappa shape index (κ1) is 15.6. The van der Waals surface area contributed by atoms with E-state index in [0.29, 0.717) is 31.1 Å². The van der Waals surface area contributed by atoms with Gasteiger partial charge in [0.15, 0.2) is 11.5 Å². The van der Waals surface area contributed by atoms with Crippen LogP contribution in [0.15, 0.2) is 24.3 Å². The Kier molecular flexibility index (Phi) is 5.07. The van der Waals surface area contributed by atoms with Gasteiger partial charge >= 0.3 is 0 Å². The maximum atomic E-state index is 12.2. The van der Waals surface area contributed by atoms with Crippen molar-refractivity contribution in [2.45, 2.75) is 19.8 Å². The standard InChI is InChI=1S/C16H24N2O3/c1-16(11-17)8-9-18(12-16)15(19)7-10-21-14-6-4-3-5-13(14)20-2/h3-6H,7-12,17H2,1-2H3. The second kappa shape index (κ2) is 6.80. The van der Waals surface area contributed by atoms with Crippen LogP contribution in [0.25, 0.3) is 0 Å². The van der Waals surface area contributed by atoms with Gasteiger partial charge in [-0.15, -0.1) is 0 Å². The molecule has 1 amide bonds. The summed E-state index contributed by atoms with van der Waals surface area (Å²) in [5.74, 6) is 1.48. The van der Waals surface area contributed by atoms with Crippen LogP contribution in [0, 0.1) is 5.41 Å². The number of nitrogens with two attached hydrogens (primary N) is 1. The van der Waals surface area contributed by atoms with Crippen molar-refractivity contribution in [3.63, 3.8) is 0 Å². The summed E-state index contributed by atoms with van der Waals surface area (Å²) in [5.41, 5.74) is 5.83. The summed E-state index contributed by atoms with van der Waals surface area (Å²) in [6, 6.07) is 7.44. The van der Waals surface area contributed by atoms with Gasteiger partial charge in [0.2, 0.25) is 5.91 Å². The van der Waals surface area contributed by atoms with Crippen LogP contribution in [0.3, 0.4) is 0 Å². The number of nitrogens with zero attached hydrogens (tertiary/aromatic N) is 1. The Hall–Kier alpha value is -1.75. The first-order chi connectivity index (χ1) is 10.1. The molecule has 1 atom stereocenters. The maximum absolute atomic E-state index is 12.2. The van der Waals surface area contributed by atoms with E-state index in [1.54, 1.807) is 7.11 Å². The zero-order valence-corrected chi connectivity index (χ0v) is 12.8. The van der Waals surface area contributed by atoms with Crippen LogP contribution in [0.2, 0.25) is 0 Å². The fourth-order valence-electron chi connectivity index (χ4n) is 2.55. The van der Waals surface area contributed by atoms with Crippen LogP contribution in [0.4, 0.5) is 0 Å². The molecule has 21 heavy (non-hydrogen) atoms. The summed E-state index contributed by atoms with van der Waals surface area (Å²) in [6.45, 7) is 4.65. The fraction of sp³-hybridized carbons (Fsp3) is 0.562. The SMILES string of the molecule is COc1ccccc1OCCC(=O)N1CCC(C)(CN)C1. The molecule has 1 aromatic rings. The van der Waals surface area contributed by atoms with Crippen LogP contribution in [0.1, 0.15) is 19.8 Å². The lowest BCUT2D eigenvalue weighted by Gasteiger charge is -2.22. The Bertz CT molecular complexity index is 492. The molecule has 1 saturated heterocycles. The minimum Gasteiger partial charge on any atom is -0.493 e. The van der Waals surface area contributed by atoms with E-state index >= 15 is 0 Å². The molecule has 5 nitrogen and oxygen atoms in total. The highest BCUT2D eigenvalue weighted by Crippen LogP contribution is 2.29. The van der Waals surface area contributed by atoms with Gasteiger partial charge in [-0.2, -0.15) is 0 Å². The number of carbonyl (C=O) groups is 1. The van der Waals surface area contributed by atoms with Crippen LogP contribution < -0.4 is 15.2 Å². The lowest BCUT2D eigenvalue weighted by atomic mass is 9.90. The molecule has 1 aliphatic rings. The number of hydrogen-bond donors (Lipinski definition) is 1. The van der Waals surface area contributed by atoms with Gasteiger partial charge < -0.3 is 20.1 Å². The van der Waals surface area contributed by atoms with Crippen molar-refractivity contribution in [2.24, 2.45) is 11.1 Å². The summed E-state index contributed by atoms with van der Waals surface area (Å²) in [4.78, 5) is 14.1. The Labute approximate surface area is 126 Å². The molecule has 2 N–H and O–H groups in total. The first-order valence-electron chi connectivity index (χ1n) is 7.32. The highest BCUT2D eigenvalue weighted by molar-refractivity contribution is 5.76. The molecule has 1 unspecified atom stereocenters. The number of hydrogen-bond acceptors (Lipinski definition) is 4. The minimum atomic E-state index is 0.0686. The van der Waals surface area contributed by atoms with Gasteiger partial charge in [-0.05, 0) is 30.5 Å². The van der Waals surface area contributed by atoms with E-state index < -0.39 is 0 Å². The van der Waals surface area contributed by atoms with E-state index in [9.17, 15) is 4.79 Å². The van der Waals surface area contributed by atoms with Gasteiger partial charge in [-0.25, -0.2) is 0 Å². The molecule has 1 fully saturated rings. The Morgan fingerprint density at radius 2 is 2.10 bits per heavy atom. The van der Waals surface area contributed by atoms with Crippen LogP contribution in [0.5, 0.6) is 11.5 Å². The predicted octanol–water partition coefficient (Wildman–Crippen LogP) is 1.66. The lowest BCUT2D eigenvalue weighted by Crippen LogP contribution is -2.35. The number of rotatable bonds is 6. The number of benzene rings is 1. The molecule has 0 radical (unpaired) electrons. The summed E-state index contributed by atoms with van der Waals surface area (Å²) in [7, 11) is 1.60. The van der Waals surface area contributed by atoms with Crippen molar-refractivity contribution in [1.82, 2.24) is 4.90 Å². The van der Waals surface area contributed by atoms with Gasteiger partial charge in [0.25, 0.3) is 0 Å². The fourth-order valence-corrected chi connectivity index (χ4v) is 2.55. The molecule has 1 aromatic carbocycles. The van der Waals surface area contributed by atoms with Gasteiger partial charge in [-0.3, -0.25) is 4.79 Å². The minimum absolute atomic E-state index is 0.0686. The summed E-state index contributed by atoms with van der Waals surface area (Å²) >= 11 is 0. The highest BCUT2D eigenvalue weighted by Gasteiger charge is 2.34. The van der Waals surface area contributed by atoms with E-state index in [2.05, 4.69) is 6.92 Å². The van der Waals surface area contributed by atoms with Gasteiger partial charge in [-0.1, -0.05) is 19.1 Å². The summed E-state index contributed by atoms with van der Waals surface area (Å²) in [5, 5.41) is 0. The zero-order valence-electron chi connectivity index (χ0n) is 12.8. The molecule has 1 aliphatic heterocycles. The Morgan fingerprint density at radius 1 is 1.38 bits per heavy atom. The summed E-state index contributed by atoms with van der Waals surface area (Å²) < 4.78 is 10.8. The molecule has 0 bridgehead atoms. The van der Waals surface area contributed by atoms with E-state index in [-0.39, 0.29) is 11.3 Å². The predicted molar refractivity (Wildman–Crippen MR) is 81.5 cm³/mol. The molecular formula is C16H24N2O3. The zero-order chi connectivity index (χ0) is 15.3. The molecule has 0 saturated carbocycles. The lowest BCUT2D eigenvalue weighted by molar-refractivity contribution is -0.131. The third kappa shape index (κ3) is 3.88. The number of methoxy groups -OCH3 is 1. The molecule has 0 spiro atoms. The van der Waals surface area contributed by atoms with Crippen LogP contribution in [-0.4, -0.2) is 44.2 Å². The molecule has 116 valence electrons. The van der Waals surface area contributed by atoms with Crippen molar-refractivity contribution in [1.29, 1.82) is 0 Å². The monoisotopic (exact) mass is 292 g/mol. The summed E-state index contributed by atoms with van der Waals surface area (Å²) in [6.07, 6.45) is 1.35. The second-order valence-electron chi connectivity index (χ2n) is 5.83. The highest BCUT2D eigenvalue weighted by atomic mass is 16.5. The van der Waals surface area contributed by atoms with E-state index in [1.807, 2.05) is 29.2 Å². The van der Waals surface area contributed by atoms with Crippen molar-refractivity contribution >= 4 is 5.91 Å². The second-order valence-corrected chi connectivity index (χ2v) is 5.83. The van der Waals surface area contributed by atoms with Crippen molar-refractivity contribution < 1.29 is 14.3 Å². The number of ether oxygens (including phenoxy) is 2. The van der Waals surface area contributed by atoms with Crippen molar-refractivity contribution in [2.75, 3.05) is 33.4 Å². The number of para-hydroxylation sites is 2. The smallest absolute Gasteiger partial charge is 0.226 e. The number of amides is 1. The molecule has 5 heteroatoms. The quantitative estimate of drug-likeness (QED) is 0.866. The van der Waals surface area contributed by atoms with Crippen LogP contribution >= 0.6 is 0 Å². The molecule has 0 aliphatic carbocycles. The molecule has 2 rings (SSSR count). The van der Waals surface area contributed by atoms with E-state index in [4.69, 9.17) is 15.2 Å². The van der Waals surface area contributed by atoms with Crippen molar-refractivity contribution in [3.05, 3.63) is 24.3 Å². The molecule has 1 heterocycles.